The van der Waals surface area contributed by atoms with Crippen molar-refractivity contribution in [1.82, 2.24) is 15.2 Å². The number of para-hydroxylation sites is 1. The maximum atomic E-state index is 16.9. The number of carbonyl (C=O) groups excluding carboxylic acids is 4. The molecule has 5 rings (SSSR count). The highest BCUT2D eigenvalue weighted by Gasteiger charge is 2.59. The summed E-state index contributed by atoms with van der Waals surface area (Å²) < 4.78 is 53.3. The van der Waals surface area contributed by atoms with Gasteiger partial charge in [0.15, 0.2) is 29.7 Å². The summed E-state index contributed by atoms with van der Waals surface area (Å²) in [4.78, 5) is 61.7. The fraction of sp³-hybridized carbons (Fsp3) is 0.683. The van der Waals surface area contributed by atoms with Gasteiger partial charge in [-0.2, -0.15) is 0 Å². The van der Waals surface area contributed by atoms with E-state index in [0.717, 1.165) is 12.5 Å². The number of Topliss-reactive ketones (excluding diaryl/α,β-unsaturated/α-hetero) is 2. The zero-order chi connectivity index (χ0) is 41.3. The smallest absolute Gasteiger partial charge is 0.408 e. The van der Waals surface area contributed by atoms with Crippen molar-refractivity contribution in [1.29, 1.82) is 0 Å². The van der Waals surface area contributed by atoms with E-state index in [4.69, 9.17) is 28.1 Å². The standard InChI is InChI=1S/C41H58FN3O11/c1-11-14-29-41(8)33(44-38(50)56-41)24(4)31(46)22(2)20-39(6,52-18-13-16-26-15-12-17-28-30(26)43-21-51-28)35(25(5)34(48)40(7,42)37(49)54-29)55-36-32(47)27(45(9)10)19-23(3)53-36/h12-13,15-17,21-25,27,29,32-33,35-36,47H,11,14,18-20H2,1-10H3,(H,44,50)/b16-13+/t22-,23-,24+,25+,27+,29-,32-,33+,35-,36+,39-,40+,41-/m1/s1. The summed E-state index contributed by atoms with van der Waals surface area (Å²) in [5, 5.41) is 14.3. The van der Waals surface area contributed by atoms with Crippen molar-refractivity contribution in [2.45, 2.75) is 141 Å². The van der Waals surface area contributed by atoms with Crippen molar-refractivity contribution in [3.05, 3.63) is 36.2 Å². The second-order valence-electron chi connectivity index (χ2n) is 16.5. The first-order chi connectivity index (χ1) is 26.2. The first-order valence-electron chi connectivity index (χ1n) is 19.5. The topological polar surface area (TPSA) is 176 Å². The first-order valence-corrected chi connectivity index (χ1v) is 19.5. The van der Waals surface area contributed by atoms with Crippen LogP contribution in [-0.4, -0.2) is 119 Å². The number of aliphatic hydroxyl groups excluding tert-OH is 1. The Morgan fingerprint density at radius 2 is 1.80 bits per heavy atom. The molecule has 3 saturated heterocycles. The fourth-order valence-electron chi connectivity index (χ4n) is 8.71. The molecule has 1 aromatic carbocycles. The molecule has 0 bridgehead atoms. The number of aromatic nitrogens is 1. The molecule has 15 heteroatoms. The van der Waals surface area contributed by atoms with E-state index in [9.17, 15) is 24.3 Å². The number of likely N-dealkylation sites (N-methyl/N-ethyl adjacent to an activating group) is 1. The number of rotatable bonds is 9. The van der Waals surface area contributed by atoms with E-state index >= 15 is 4.39 Å². The number of alkyl halides is 1. The minimum atomic E-state index is -3.20. The third-order valence-corrected chi connectivity index (χ3v) is 11.9. The number of nitrogens with zero attached hydrogens (tertiary/aromatic N) is 2. The Morgan fingerprint density at radius 3 is 2.48 bits per heavy atom. The average Bonchev–Trinajstić information content (AvgIpc) is 3.75. The summed E-state index contributed by atoms with van der Waals surface area (Å²) in [6.45, 7) is 12.4. The van der Waals surface area contributed by atoms with Gasteiger partial charge in [-0.3, -0.25) is 9.59 Å². The molecule has 2 N–H and O–H groups in total. The number of halogens is 1. The number of fused-ring (bicyclic) bond motifs is 2. The molecule has 0 aliphatic carbocycles. The van der Waals surface area contributed by atoms with Crippen LogP contribution in [0.25, 0.3) is 17.2 Å². The number of hydrogen-bond acceptors (Lipinski definition) is 13. The second-order valence-corrected chi connectivity index (χ2v) is 16.5. The van der Waals surface area contributed by atoms with E-state index in [1.54, 1.807) is 45.9 Å². The number of amides is 1. The van der Waals surface area contributed by atoms with Crippen molar-refractivity contribution in [2.75, 3.05) is 20.7 Å². The number of ether oxygens (including phenoxy) is 5. The molecule has 3 fully saturated rings. The predicted octanol–water partition coefficient (Wildman–Crippen LogP) is 5.18. The monoisotopic (exact) mass is 787 g/mol. The molecule has 0 unspecified atom stereocenters. The third-order valence-electron chi connectivity index (χ3n) is 11.9. The van der Waals surface area contributed by atoms with Gasteiger partial charge in [-0.25, -0.2) is 19.0 Å². The van der Waals surface area contributed by atoms with Crippen molar-refractivity contribution in [2.24, 2.45) is 17.8 Å². The molecule has 13 atom stereocenters. The summed E-state index contributed by atoms with van der Waals surface area (Å²) in [5.41, 5.74) is -4.33. The van der Waals surface area contributed by atoms with Gasteiger partial charge >= 0.3 is 12.1 Å². The van der Waals surface area contributed by atoms with Crippen LogP contribution in [-0.2, 0) is 38.1 Å². The summed E-state index contributed by atoms with van der Waals surface area (Å²) in [5.74, 6) is -5.96. The van der Waals surface area contributed by atoms with E-state index < -0.39 is 83.1 Å². The van der Waals surface area contributed by atoms with Crippen LogP contribution in [0.4, 0.5) is 9.18 Å². The Balaban J connectivity index is 1.60. The van der Waals surface area contributed by atoms with Crippen molar-refractivity contribution >= 4 is 40.8 Å². The number of oxazole rings is 1. The molecule has 1 amide bonds. The van der Waals surface area contributed by atoms with Crippen molar-refractivity contribution < 1.29 is 56.8 Å². The quantitative estimate of drug-likeness (QED) is 0.251. The molecule has 3 aliphatic rings. The summed E-state index contributed by atoms with van der Waals surface area (Å²) >= 11 is 0. The normalized spacial score (nSPS) is 39.0. The fourth-order valence-corrected chi connectivity index (χ4v) is 8.71. The van der Waals surface area contributed by atoms with Crippen LogP contribution in [0.1, 0.15) is 86.6 Å². The highest BCUT2D eigenvalue weighted by atomic mass is 19.1. The van der Waals surface area contributed by atoms with Crippen LogP contribution in [0.2, 0.25) is 0 Å². The van der Waals surface area contributed by atoms with E-state index in [0.29, 0.717) is 23.9 Å². The van der Waals surface area contributed by atoms with Gasteiger partial charge < -0.3 is 43.4 Å². The first kappa shape index (κ1) is 43.4. The number of carbonyl (C=O) groups is 4. The number of hydrogen-bond donors (Lipinski definition) is 2. The van der Waals surface area contributed by atoms with Crippen molar-refractivity contribution in [3.63, 3.8) is 0 Å². The molecule has 0 spiro atoms. The number of cyclic esters (lactones) is 1. The van der Waals surface area contributed by atoms with Gasteiger partial charge in [0.2, 0.25) is 0 Å². The SMILES string of the molecule is CCC[C@H]1OC(=O)[C@@](C)(F)C(=O)[C@H](C)[C@@H](O[C@@H]2O[C@H](C)C[C@H](N(C)C)[C@H]2O)[C@](C)(OC/C=C/c2cccc3ocnc23)C[C@@H](C)C(=O)[C@H](C)[C@@H]2NC(=O)O[C@]12C. The van der Waals surface area contributed by atoms with Gasteiger partial charge in [-0.15, -0.1) is 0 Å². The number of esters is 1. The van der Waals surface area contributed by atoms with Gasteiger partial charge in [0.25, 0.3) is 5.67 Å². The van der Waals surface area contributed by atoms with E-state index in [2.05, 4.69) is 10.3 Å². The molecule has 310 valence electrons. The second kappa shape index (κ2) is 17.0. The Hall–Kier alpha value is -3.76. The zero-order valence-corrected chi connectivity index (χ0v) is 34.1. The lowest BCUT2D eigenvalue weighted by molar-refractivity contribution is -0.297. The van der Waals surface area contributed by atoms with Crippen LogP contribution < -0.4 is 5.32 Å². The lowest BCUT2D eigenvalue weighted by Crippen LogP contribution is -2.61. The van der Waals surface area contributed by atoms with Gasteiger partial charge in [-0.1, -0.05) is 58.4 Å². The molecule has 14 nitrogen and oxygen atoms in total. The Kier molecular flexibility index (Phi) is 13.2. The lowest BCUT2D eigenvalue weighted by Gasteiger charge is -2.47. The number of benzene rings is 1. The molecule has 2 aromatic rings. The third kappa shape index (κ3) is 8.57. The Bertz CT molecular complexity index is 1780. The highest BCUT2D eigenvalue weighted by Crippen LogP contribution is 2.41. The molecular weight excluding hydrogens is 729 g/mol. The van der Waals surface area contributed by atoms with Crippen LogP contribution in [0, 0.1) is 17.8 Å². The Labute approximate surface area is 327 Å². The highest BCUT2D eigenvalue weighted by molar-refractivity contribution is 6.08. The Morgan fingerprint density at radius 1 is 1.09 bits per heavy atom. The minimum Gasteiger partial charge on any atom is -0.455 e. The average molecular weight is 788 g/mol. The largest absolute Gasteiger partial charge is 0.455 e. The number of nitrogens with one attached hydrogen (secondary N) is 1. The van der Waals surface area contributed by atoms with Crippen LogP contribution in [0.15, 0.2) is 35.1 Å². The summed E-state index contributed by atoms with van der Waals surface area (Å²) in [6.07, 6.45) is -0.323. The van der Waals surface area contributed by atoms with E-state index in [1.807, 2.05) is 45.0 Å². The van der Waals surface area contributed by atoms with Crippen LogP contribution in [0.5, 0.6) is 0 Å². The maximum absolute atomic E-state index is 16.9. The minimum absolute atomic E-state index is 0.0509. The number of aliphatic hydroxyl groups is 1. The summed E-state index contributed by atoms with van der Waals surface area (Å²) in [7, 11) is 3.64. The van der Waals surface area contributed by atoms with E-state index in [1.165, 1.54) is 13.3 Å². The lowest BCUT2D eigenvalue weighted by atomic mass is 9.73. The van der Waals surface area contributed by atoms with Gasteiger partial charge in [0.1, 0.15) is 23.5 Å². The zero-order valence-electron chi connectivity index (χ0n) is 34.1. The molecule has 3 aliphatic heterocycles. The molecule has 56 heavy (non-hydrogen) atoms. The summed E-state index contributed by atoms with van der Waals surface area (Å²) in [6, 6.07) is 4.12. The molecule has 1 aromatic heterocycles. The molecule has 0 radical (unpaired) electrons. The molecular formula is C41H58FN3O11. The molecule has 0 saturated carbocycles. The van der Waals surface area contributed by atoms with Crippen molar-refractivity contribution in [3.8, 4) is 0 Å². The van der Waals surface area contributed by atoms with Crippen LogP contribution in [0.3, 0.4) is 0 Å². The van der Waals surface area contributed by atoms with Gasteiger partial charge in [-0.05, 0) is 67.1 Å². The van der Waals surface area contributed by atoms with E-state index in [-0.39, 0.29) is 37.4 Å². The van der Waals surface area contributed by atoms with Gasteiger partial charge in [0.05, 0.1) is 30.5 Å². The maximum Gasteiger partial charge on any atom is 0.408 e. The van der Waals surface area contributed by atoms with Crippen LogP contribution >= 0.6 is 0 Å². The van der Waals surface area contributed by atoms with Gasteiger partial charge in [0, 0.05) is 29.4 Å². The predicted molar refractivity (Wildman–Crippen MR) is 203 cm³/mol. The molecule has 4 heterocycles. The number of alkyl carbamates (subject to hydrolysis) is 1. The number of ketones is 2.